The van der Waals surface area contributed by atoms with Gasteiger partial charge in [0.2, 0.25) is 0 Å². The lowest BCUT2D eigenvalue weighted by molar-refractivity contribution is -0.173. The number of fused-ring (bicyclic) bond motifs is 1. The molecular weight excluding hydrogens is 409 g/mol. The number of rotatable bonds is 4. The summed E-state index contributed by atoms with van der Waals surface area (Å²) in [7, 11) is 1.52. The Balaban J connectivity index is 1.73. The van der Waals surface area contributed by atoms with Crippen molar-refractivity contribution in [3.63, 3.8) is 0 Å². The third kappa shape index (κ3) is 4.36. The van der Waals surface area contributed by atoms with Crippen LogP contribution in [0, 0.1) is 11.8 Å². The van der Waals surface area contributed by atoms with Gasteiger partial charge in [-0.15, -0.1) is 0 Å². The summed E-state index contributed by atoms with van der Waals surface area (Å²) in [6, 6.07) is 6.80. The van der Waals surface area contributed by atoms with Gasteiger partial charge in [-0.3, -0.25) is 4.79 Å². The van der Waals surface area contributed by atoms with Gasteiger partial charge in [-0.2, -0.15) is 13.2 Å². The minimum absolute atomic E-state index is 0.00507. The first-order valence-corrected chi connectivity index (χ1v) is 10.6. The molecular formula is C23H27F3N2O3. The fourth-order valence-electron chi connectivity index (χ4n) is 4.97. The van der Waals surface area contributed by atoms with Crippen molar-refractivity contribution in [3.05, 3.63) is 53.8 Å². The van der Waals surface area contributed by atoms with E-state index in [0.29, 0.717) is 17.0 Å². The van der Waals surface area contributed by atoms with Crippen molar-refractivity contribution in [2.45, 2.75) is 43.5 Å². The fraction of sp³-hybridized carbons (Fsp3) is 0.522. The SMILES string of the molecule is COc1ccc(C2CC3C(=CC=CC3C(F)(F)F)N(CC3CCCN3)C(=O)C2O)cc1. The lowest BCUT2D eigenvalue weighted by Gasteiger charge is -2.36. The molecule has 0 bridgehead atoms. The molecule has 0 spiro atoms. The van der Waals surface area contributed by atoms with E-state index in [1.165, 1.54) is 18.1 Å². The molecule has 31 heavy (non-hydrogen) atoms. The number of alkyl halides is 3. The normalized spacial score (nSPS) is 31.3. The molecule has 0 radical (unpaired) electrons. The highest BCUT2D eigenvalue weighted by Crippen LogP contribution is 2.47. The van der Waals surface area contributed by atoms with Gasteiger partial charge in [0.1, 0.15) is 11.9 Å². The van der Waals surface area contributed by atoms with Gasteiger partial charge in [-0.1, -0.05) is 24.3 Å². The van der Waals surface area contributed by atoms with E-state index in [0.717, 1.165) is 25.5 Å². The van der Waals surface area contributed by atoms with Crippen LogP contribution in [-0.2, 0) is 4.79 Å². The zero-order valence-corrected chi connectivity index (χ0v) is 17.3. The van der Waals surface area contributed by atoms with Crippen LogP contribution in [0.5, 0.6) is 5.75 Å². The summed E-state index contributed by atoms with van der Waals surface area (Å²) in [5, 5.41) is 14.3. The Hall–Kier alpha value is -2.32. The summed E-state index contributed by atoms with van der Waals surface area (Å²) in [6.45, 7) is 1.07. The number of carbonyl (C=O) groups excluding carboxylic acids is 1. The van der Waals surface area contributed by atoms with E-state index in [1.807, 2.05) is 0 Å². The van der Waals surface area contributed by atoms with Gasteiger partial charge >= 0.3 is 6.18 Å². The molecule has 0 aromatic heterocycles. The highest BCUT2D eigenvalue weighted by Gasteiger charge is 2.51. The van der Waals surface area contributed by atoms with Gasteiger partial charge in [0.25, 0.3) is 5.91 Å². The van der Waals surface area contributed by atoms with Gasteiger partial charge < -0.3 is 20.1 Å². The Morgan fingerprint density at radius 3 is 2.58 bits per heavy atom. The van der Waals surface area contributed by atoms with Crippen LogP contribution >= 0.6 is 0 Å². The zero-order valence-electron chi connectivity index (χ0n) is 17.3. The lowest BCUT2D eigenvalue weighted by Crippen LogP contribution is -2.46. The Bertz CT molecular complexity index is 860. The first-order chi connectivity index (χ1) is 14.8. The molecule has 1 amide bonds. The summed E-state index contributed by atoms with van der Waals surface area (Å²) in [4.78, 5) is 14.7. The Morgan fingerprint density at radius 2 is 1.97 bits per heavy atom. The Morgan fingerprint density at radius 1 is 1.23 bits per heavy atom. The number of likely N-dealkylation sites (tertiary alicyclic amines) is 1. The number of hydrogen-bond acceptors (Lipinski definition) is 4. The second-order valence-corrected chi connectivity index (χ2v) is 8.45. The smallest absolute Gasteiger partial charge is 0.395 e. The number of nitrogens with one attached hydrogen (secondary N) is 1. The van der Waals surface area contributed by atoms with E-state index in [4.69, 9.17) is 4.74 Å². The van der Waals surface area contributed by atoms with Crippen molar-refractivity contribution in [2.24, 2.45) is 11.8 Å². The van der Waals surface area contributed by atoms with Gasteiger partial charge in [-0.25, -0.2) is 0 Å². The molecule has 2 N–H and O–H groups in total. The van der Waals surface area contributed by atoms with Crippen LogP contribution in [0.3, 0.4) is 0 Å². The van der Waals surface area contributed by atoms with Gasteiger partial charge in [0, 0.05) is 30.1 Å². The van der Waals surface area contributed by atoms with Crippen molar-refractivity contribution < 1.29 is 27.8 Å². The number of ether oxygens (including phenoxy) is 1. The maximum absolute atomic E-state index is 13.9. The molecule has 5 atom stereocenters. The van der Waals surface area contributed by atoms with Crippen molar-refractivity contribution in [3.8, 4) is 5.75 Å². The van der Waals surface area contributed by atoms with Gasteiger partial charge in [0.05, 0.1) is 13.0 Å². The molecule has 0 saturated carbocycles. The number of aliphatic hydroxyl groups excluding tert-OH is 1. The molecule has 8 heteroatoms. The quantitative estimate of drug-likeness (QED) is 0.760. The number of amides is 1. The van der Waals surface area contributed by atoms with Crippen LogP contribution < -0.4 is 10.1 Å². The maximum Gasteiger partial charge on any atom is 0.395 e. The summed E-state index contributed by atoms with van der Waals surface area (Å²) in [5.41, 5.74) is 0.968. The second-order valence-electron chi connectivity index (χ2n) is 8.45. The number of halogens is 3. The topological polar surface area (TPSA) is 61.8 Å². The summed E-state index contributed by atoms with van der Waals surface area (Å²) < 4.78 is 46.9. The van der Waals surface area contributed by atoms with Crippen molar-refractivity contribution in [1.29, 1.82) is 0 Å². The first kappa shape index (κ1) is 21.9. The van der Waals surface area contributed by atoms with E-state index >= 15 is 0 Å². The number of carbonyl (C=O) groups is 1. The molecule has 2 heterocycles. The summed E-state index contributed by atoms with van der Waals surface area (Å²) >= 11 is 0. The molecule has 4 rings (SSSR count). The predicted octanol–water partition coefficient (Wildman–Crippen LogP) is 3.37. The molecule has 2 fully saturated rings. The monoisotopic (exact) mass is 436 g/mol. The van der Waals surface area contributed by atoms with Crippen molar-refractivity contribution in [2.75, 3.05) is 20.2 Å². The van der Waals surface area contributed by atoms with Crippen LogP contribution in [0.2, 0.25) is 0 Å². The molecule has 2 saturated heterocycles. The Kier molecular flexibility index (Phi) is 6.12. The fourth-order valence-corrected chi connectivity index (χ4v) is 4.97. The average Bonchev–Trinajstić information content (AvgIpc) is 3.24. The standard InChI is InChI=1S/C23H27F3N2O3/c1-31-16-9-7-14(8-10-16)17-12-18-19(23(24,25)26)5-2-6-20(18)28(22(30)21(17)29)13-15-4-3-11-27-15/h2,5-10,15,17-19,21,27,29H,3-4,11-13H2,1H3. The van der Waals surface area contributed by atoms with Gasteiger partial charge in [-0.05, 0) is 49.6 Å². The average molecular weight is 436 g/mol. The van der Waals surface area contributed by atoms with Crippen molar-refractivity contribution >= 4 is 5.91 Å². The third-order valence-electron chi connectivity index (χ3n) is 6.61. The molecule has 1 aromatic rings. The summed E-state index contributed by atoms with van der Waals surface area (Å²) in [6.07, 6.45) is 0.0999. The van der Waals surface area contributed by atoms with Crippen molar-refractivity contribution in [1.82, 2.24) is 10.2 Å². The molecule has 168 valence electrons. The maximum atomic E-state index is 13.9. The van der Waals surface area contributed by atoms with E-state index in [2.05, 4.69) is 5.32 Å². The molecule has 3 aliphatic rings. The van der Waals surface area contributed by atoms with Crippen LogP contribution in [0.4, 0.5) is 13.2 Å². The van der Waals surface area contributed by atoms with Gasteiger partial charge in [0.15, 0.2) is 0 Å². The Labute approximate surface area is 179 Å². The molecule has 2 aliphatic heterocycles. The largest absolute Gasteiger partial charge is 0.497 e. The molecule has 1 aliphatic carbocycles. The molecule has 5 unspecified atom stereocenters. The third-order valence-corrected chi connectivity index (χ3v) is 6.61. The number of aliphatic hydroxyl groups is 1. The van der Waals surface area contributed by atoms with E-state index in [9.17, 15) is 23.1 Å². The van der Waals surface area contributed by atoms with E-state index in [1.54, 1.807) is 30.3 Å². The highest BCUT2D eigenvalue weighted by molar-refractivity contribution is 5.84. The molecule has 1 aromatic carbocycles. The van der Waals surface area contributed by atoms with Crippen LogP contribution in [0.25, 0.3) is 0 Å². The number of hydrogen-bond donors (Lipinski definition) is 2. The first-order valence-electron chi connectivity index (χ1n) is 10.6. The van der Waals surface area contributed by atoms with E-state index < -0.39 is 35.9 Å². The van der Waals surface area contributed by atoms with Crippen LogP contribution in [-0.4, -0.2) is 54.4 Å². The predicted molar refractivity (Wildman–Crippen MR) is 109 cm³/mol. The number of nitrogens with zero attached hydrogens (tertiary/aromatic N) is 1. The van der Waals surface area contributed by atoms with E-state index in [-0.39, 0.29) is 19.0 Å². The summed E-state index contributed by atoms with van der Waals surface area (Å²) in [5.74, 6) is -3.34. The van der Waals surface area contributed by atoms with Crippen LogP contribution in [0.1, 0.15) is 30.7 Å². The minimum Gasteiger partial charge on any atom is -0.497 e. The minimum atomic E-state index is -4.44. The second kappa shape index (κ2) is 8.67. The number of benzene rings is 1. The zero-order chi connectivity index (χ0) is 22.2. The highest BCUT2D eigenvalue weighted by atomic mass is 19.4. The number of allylic oxidation sites excluding steroid dienone is 4. The number of methoxy groups -OCH3 is 1. The van der Waals surface area contributed by atoms with Crippen LogP contribution in [0.15, 0.2) is 48.2 Å². The lowest BCUT2D eigenvalue weighted by atomic mass is 9.77. The molecule has 5 nitrogen and oxygen atoms in total.